The first-order chi connectivity index (χ1) is 6.11. The third-order valence-electron chi connectivity index (χ3n) is 1.80. The average molecular weight is 179 g/mol. The lowest BCUT2D eigenvalue weighted by atomic mass is 10.0. The molecule has 1 aromatic carbocycles. The molecule has 3 heteroatoms. The van der Waals surface area contributed by atoms with E-state index in [0.717, 1.165) is 5.56 Å². The number of nitrogens with two attached hydrogens (primary N) is 1. The van der Waals surface area contributed by atoms with E-state index in [4.69, 9.17) is 10.8 Å². The molecule has 0 bridgehead atoms. The van der Waals surface area contributed by atoms with E-state index in [2.05, 4.69) is 0 Å². The van der Waals surface area contributed by atoms with Crippen LogP contribution in [-0.4, -0.2) is 17.1 Å². The van der Waals surface area contributed by atoms with Crippen molar-refractivity contribution in [2.75, 3.05) is 0 Å². The largest absolute Gasteiger partial charge is 0.393 e. The van der Waals surface area contributed by atoms with E-state index in [9.17, 15) is 4.79 Å². The summed E-state index contributed by atoms with van der Waals surface area (Å²) in [6.07, 6.45) is -0.000417. The Hall–Kier alpha value is -1.35. The van der Waals surface area contributed by atoms with Gasteiger partial charge in [-0.2, -0.15) is 0 Å². The number of primary amides is 1. The number of benzene rings is 1. The van der Waals surface area contributed by atoms with Crippen molar-refractivity contribution in [3.05, 3.63) is 35.4 Å². The molecule has 1 rings (SSSR count). The number of amides is 1. The molecule has 0 saturated carbocycles. The quantitative estimate of drug-likeness (QED) is 0.717. The smallest absolute Gasteiger partial charge is 0.248 e. The maximum Gasteiger partial charge on any atom is 0.248 e. The SMILES string of the molecule is C[C@H](O)Cc1ccccc1C(N)=O. The second kappa shape index (κ2) is 4.05. The Morgan fingerprint density at radius 1 is 1.54 bits per heavy atom. The Morgan fingerprint density at radius 3 is 2.69 bits per heavy atom. The van der Waals surface area contributed by atoms with Crippen LogP contribution in [0.1, 0.15) is 22.8 Å². The molecule has 13 heavy (non-hydrogen) atoms. The van der Waals surface area contributed by atoms with Gasteiger partial charge in [0.1, 0.15) is 0 Å². The fourth-order valence-electron chi connectivity index (χ4n) is 1.26. The van der Waals surface area contributed by atoms with Crippen molar-refractivity contribution in [2.45, 2.75) is 19.4 Å². The van der Waals surface area contributed by atoms with Crippen LogP contribution in [-0.2, 0) is 6.42 Å². The number of aliphatic hydroxyl groups is 1. The van der Waals surface area contributed by atoms with Gasteiger partial charge in [-0.05, 0) is 25.0 Å². The van der Waals surface area contributed by atoms with Gasteiger partial charge in [0.2, 0.25) is 5.91 Å². The topological polar surface area (TPSA) is 63.3 Å². The monoisotopic (exact) mass is 179 g/mol. The third-order valence-corrected chi connectivity index (χ3v) is 1.80. The van der Waals surface area contributed by atoms with Crippen molar-refractivity contribution in [2.24, 2.45) is 5.73 Å². The van der Waals surface area contributed by atoms with Gasteiger partial charge in [-0.1, -0.05) is 18.2 Å². The van der Waals surface area contributed by atoms with E-state index in [0.29, 0.717) is 12.0 Å². The summed E-state index contributed by atoms with van der Waals surface area (Å²) in [4.78, 5) is 10.9. The summed E-state index contributed by atoms with van der Waals surface area (Å²) >= 11 is 0. The highest BCUT2D eigenvalue weighted by molar-refractivity contribution is 5.94. The predicted octanol–water partition coefficient (Wildman–Crippen LogP) is 0.709. The summed E-state index contributed by atoms with van der Waals surface area (Å²) in [5.41, 5.74) is 6.46. The Morgan fingerprint density at radius 2 is 2.15 bits per heavy atom. The Balaban J connectivity index is 2.98. The molecule has 0 radical (unpaired) electrons. The molecule has 0 aliphatic heterocycles. The van der Waals surface area contributed by atoms with Crippen LogP contribution in [0.5, 0.6) is 0 Å². The summed E-state index contributed by atoms with van der Waals surface area (Å²) in [6.45, 7) is 1.68. The molecule has 0 aromatic heterocycles. The Labute approximate surface area is 77.2 Å². The number of hydrogen-bond donors (Lipinski definition) is 2. The molecule has 70 valence electrons. The highest BCUT2D eigenvalue weighted by Crippen LogP contribution is 2.10. The minimum atomic E-state index is -0.458. The minimum absolute atomic E-state index is 0.448. The molecule has 0 fully saturated rings. The van der Waals surface area contributed by atoms with Crippen LogP contribution in [0.15, 0.2) is 24.3 Å². The van der Waals surface area contributed by atoms with Crippen molar-refractivity contribution in [3.63, 3.8) is 0 Å². The first-order valence-electron chi connectivity index (χ1n) is 4.17. The molecule has 1 amide bonds. The van der Waals surface area contributed by atoms with Crippen LogP contribution < -0.4 is 5.73 Å². The van der Waals surface area contributed by atoms with Crippen molar-refractivity contribution in [1.29, 1.82) is 0 Å². The van der Waals surface area contributed by atoms with Crippen molar-refractivity contribution in [1.82, 2.24) is 0 Å². The van der Waals surface area contributed by atoms with Crippen LogP contribution in [0, 0.1) is 0 Å². The van der Waals surface area contributed by atoms with E-state index >= 15 is 0 Å². The van der Waals surface area contributed by atoms with Crippen molar-refractivity contribution < 1.29 is 9.90 Å². The fourth-order valence-corrected chi connectivity index (χ4v) is 1.26. The minimum Gasteiger partial charge on any atom is -0.393 e. The van der Waals surface area contributed by atoms with Crippen LogP contribution in [0.4, 0.5) is 0 Å². The molecule has 0 spiro atoms. The lowest BCUT2D eigenvalue weighted by Gasteiger charge is -2.07. The second-order valence-corrected chi connectivity index (χ2v) is 3.07. The summed E-state index contributed by atoms with van der Waals surface area (Å²) < 4.78 is 0. The molecule has 0 unspecified atom stereocenters. The third kappa shape index (κ3) is 2.56. The highest BCUT2D eigenvalue weighted by atomic mass is 16.3. The summed E-state index contributed by atoms with van der Waals surface area (Å²) in [5.74, 6) is -0.448. The summed E-state index contributed by atoms with van der Waals surface area (Å²) in [7, 11) is 0. The molecule has 3 N–H and O–H groups in total. The zero-order valence-electron chi connectivity index (χ0n) is 7.53. The zero-order valence-corrected chi connectivity index (χ0v) is 7.53. The van der Waals surface area contributed by atoms with Crippen LogP contribution in [0.3, 0.4) is 0 Å². The standard InChI is InChI=1S/C10H13NO2/c1-7(12)6-8-4-2-3-5-9(8)10(11)13/h2-5,7,12H,6H2,1H3,(H2,11,13)/t7-/m0/s1. The maximum absolute atomic E-state index is 10.9. The van der Waals surface area contributed by atoms with Crippen LogP contribution in [0.25, 0.3) is 0 Å². The van der Waals surface area contributed by atoms with Crippen LogP contribution >= 0.6 is 0 Å². The average Bonchev–Trinajstić information content (AvgIpc) is 2.03. The number of carbonyl (C=O) groups is 1. The molecule has 0 saturated heterocycles. The second-order valence-electron chi connectivity index (χ2n) is 3.07. The summed E-state index contributed by atoms with van der Waals surface area (Å²) in [5, 5.41) is 9.16. The number of rotatable bonds is 3. The maximum atomic E-state index is 10.9. The van der Waals surface area contributed by atoms with Crippen molar-refractivity contribution >= 4 is 5.91 Å². The van der Waals surface area contributed by atoms with Gasteiger partial charge in [-0.25, -0.2) is 0 Å². The van der Waals surface area contributed by atoms with E-state index in [1.54, 1.807) is 25.1 Å². The van der Waals surface area contributed by atoms with E-state index in [1.165, 1.54) is 0 Å². The highest BCUT2D eigenvalue weighted by Gasteiger charge is 2.08. The Kier molecular flexibility index (Phi) is 3.03. The van der Waals surface area contributed by atoms with Gasteiger partial charge in [0.05, 0.1) is 6.10 Å². The molecule has 1 atom stereocenters. The lowest BCUT2D eigenvalue weighted by Crippen LogP contribution is -2.16. The van der Waals surface area contributed by atoms with Gasteiger partial charge in [-0.15, -0.1) is 0 Å². The fraction of sp³-hybridized carbons (Fsp3) is 0.300. The van der Waals surface area contributed by atoms with Gasteiger partial charge in [0.25, 0.3) is 0 Å². The molecular weight excluding hydrogens is 166 g/mol. The van der Waals surface area contributed by atoms with Crippen LogP contribution in [0.2, 0.25) is 0 Å². The van der Waals surface area contributed by atoms with E-state index < -0.39 is 12.0 Å². The first kappa shape index (κ1) is 9.74. The predicted molar refractivity (Wildman–Crippen MR) is 50.3 cm³/mol. The Bertz CT molecular complexity index is 308. The zero-order chi connectivity index (χ0) is 9.84. The van der Waals surface area contributed by atoms with Gasteiger partial charge < -0.3 is 10.8 Å². The number of carbonyl (C=O) groups excluding carboxylic acids is 1. The molecule has 3 nitrogen and oxygen atoms in total. The normalized spacial score (nSPS) is 12.5. The lowest BCUT2D eigenvalue weighted by molar-refractivity contribution is 0.0998. The molecular formula is C10H13NO2. The van der Waals surface area contributed by atoms with Gasteiger partial charge in [0, 0.05) is 5.56 Å². The molecule has 0 aliphatic rings. The first-order valence-corrected chi connectivity index (χ1v) is 4.17. The van der Waals surface area contributed by atoms with E-state index in [1.807, 2.05) is 6.07 Å². The van der Waals surface area contributed by atoms with E-state index in [-0.39, 0.29) is 0 Å². The van der Waals surface area contributed by atoms with Gasteiger partial charge in [0.15, 0.2) is 0 Å². The van der Waals surface area contributed by atoms with Gasteiger partial charge in [-0.3, -0.25) is 4.79 Å². The van der Waals surface area contributed by atoms with Gasteiger partial charge >= 0.3 is 0 Å². The molecule has 0 heterocycles. The molecule has 1 aromatic rings. The van der Waals surface area contributed by atoms with Crippen molar-refractivity contribution in [3.8, 4) is 0 Å². The number of hydrogen-bond acceptors (Lipinski definition) is 2. The summed E-state index contributed by atoms with van der Waals surface area (Å²) in [6, 6.07) is 7.04. The molecule has 0 aliphatic carbocycles. The number of aliphatic hydroxyl groups excluding tert-OH is 1.